The lowest BCUT2D eigenvalue weighted by molar-refractivity contribution is -0.124. The summed E-state index contributed by atoms with van der Waals surface area (Å²) >= 11 is 1.73. The van der Waals surface area contributed by atoms with Gasteiger partial charge in [0.25, 0.3) is 11.8 Å². The minimum Gasteiger partial charge on any atom is -0.368 e. The van der Waals surface area contributed by atoms with Gasteiger partial charge in [0.15, 0.2) is 0 Å². The number of benzene rings is 1. The van der Waals surface area contributed by atoms with E-state index in [1.54, 1.807) is 35.6 Å². The Hall–Kier alpha value is -2.22. The largest absolute Gasteiger partial charge is 0.368 e. The van der Waals surface area contributed by atoms with Crippen LogP contribution in [-0.2, 0) is 9.53 Å². The molecule has 154 valence electrons. The molecule has 7 heteroatoms. The number of likely N-dealkylation sites (tertiary alicyclic amines) is 1. The van der Waals surface area contributed by atoms with E-state index in [-0.39, 0.29) is 24.0 Å². The predicted molar refractivity (Wildman–Crippen MR) is 114 cm³/mol. The molecule has 0 radical (unpaired) electrons. The average molecular weight is 414 g/mol. The fraction of sp³-hybridized carbons (Fsp3) is 0.455. The van der Waals surface area contributed by atoms with E-state index < -0.39 is 0 Å². The maximum Gasteiger partial charge on any atom is 0.253 e. The van der Waals surface area contributed by atoms with Gasteiger partial charge in [-0.15, -0.1) is 11.3 Å². The molecule has 0 spiro atoms. The van der Waals surface area contributed by atoms with Crippen molar-refractivity contribution in [2.24, 2.45) is 0 Å². The molecule has 4 rings (SSSR count). The van der Waals surface area contributed by atoms with Crippen molar-refractivity contribution in [1.82, 2.24) is 10.2 Å². The molecule has 2 amide bonds. The molecular formula is C22H27N3O3S. The molecule has 2 aliphatic rings. The second-order valence-electron chi connectivity index (χ2n) is 7.56. The standard InChI is InChI=1S/C22H27N3O3S/c26-21(23-15-18(20-9-5-13-29-20)25-10-1-2-11-25)16-6-3-7-17(14-16)24-22(27)19-8-4-12-28-19/h3,5-7,9,13-14,18-19H,1-2,4,8,10-12,15H2,(H,23,26)(H,24,27)/t18-,19-/m1/s1. The Morgan fingerprint density at radius 2 is 2.03 bits per heavy atom. The number of amides is 2. The molecule has 2 aromatic rings. The molecule has 2 N–H and O–H groups in total. The molecule has 0 unspecified atom stereocenters. The van der Waals surface area contributed by atoms with Gasteiger partial charge in [-0.25, -0.2) is 0 Å². The molecule has 2 saturated heterocycles. The third-order valence-corrected chi connectivity index (χ3v) is 6.50. The minimum absolute atomic E-state index is 0.126. The molecule has 1 aromatic heterocycles. The van der Waals surface area contributed by atoms with Crippen molar-refractivity contribution in [2.45, 2.75) is 37.8 Å². The van der Waals surface area contributed by atoms with Crippen LogP contribution in [0.1, 0.15) is 47.0 Å². The number of carbonyl (C=O) groups excluding carboxylic acids is 2. The van der Waals surface area contributed by atoms with Crippen molar-refractivity contribution < 1.29 is 14.3 Å². The highest BCUT2D eigenvalue weighted by atomic mass is 32.1. The van der Waals surface area contributed by atoms with Crippen LogP contribution in [0, 0.1) is 0 Å². The summed E-state index contributed by atoms with van der Waals surface area (Å²) in [5.74, 6) is -0.272. The third-order valence-electron chi connectivity index (χ3n) is 5.52. The van der Waals surface area contributed by atoms with Gasteiger partial charge in [0.05, 0.1) is 6.04 Å². The first-order valence-electron chi connectivity index (χ1n) is 10.3. The van der Waals surface area contributed by atoms with Crippen LogP contribution >= 0.6 is 11.3 Å². The zero-order valence-electron chi connectivity index (χ0n) is 16.4. The summed E-state index contributed by atoms with van der Waals surface area (Å²) in [4.78, 5) is 28.7. The molecule has 2 aliphatic heterocycles. The Bertz CT molecular complexity index is 828. The van der Waals surface area contributed by atoms with Crippen LogP contribution < -0.4 is 10.6 Å². The summed E-state index contributed by atoms with van der Waals surface area (Å²) in [7, 11) is 0. The van der Waals surface area contributed by atoms with Gasteiger partial charge in [-0.2, -0.15) is 0 Å². The van der Waals surface area contributed by atoms with Crippen LogP contribution in [0.5, 0.6) is 0 Å². The van der Waals surface area contributed by atoms with Gasteiger partial charge in [0, 0.05) is 29.3 Å². The van der Waals surface area contributed by atoms with E-state index in [9.17, 15) is 9.59 Å². The first kappa shape index (κ1) is 20.1. The monoisotopic (exact) mass is 413 g/mol. The van der Waals surface area contributed by atoms with E-state index in [4.69, 9.17) is 4.74 Å². The normalized spacial score (nSPS) is 20.5. The lowest BCUT2D eigenvalue weighted by Crippen LogP contribution is -2.36. The number of ether oxygens (including phenoxy) is 1. The SMILES string of the molecule is O=C(NC[C@H](c1cccs1)N1CCCC1)c1cccc(NC(=O)[C@H]2CCCO2)c1. The number of nitrogens with zero attached hydrogens (tertiary/aromatic N) is 1. The van der Waals surface area contributed by atoms with Crippen LogP contribution in [0.25, 0.3) is 0 Å². The average Bonchev–Trinajstić information content (AvgIpc) is 3.51. The smallest absolute Gasteiger partial charge is 0.253 e. The highest BCUT2D eigenvalue weighted by Gasteiger charge is 2.25. The third kappa shape index (κ3) is 5.04. The molecule has 3 heterocycles. The summed E-state index contributed by atoms with van der Waals surface area (Å²) in [5.41, 5.74) is 1.16. The second kappa shape index (κ2) is 9.52. The van der Waals surface area contributed by atoms with Gasteiger partial charge in [0.2, 0.25) is 0 Å². The molecule has 1 aromatic carbocycles. The predicted octanol–water partition coefficient (Wildman–Crippen LogP) is 3.43. The number of hydrogen-bond acceptors (Lipinski definition) is 5. The van der Waals surface area contributed by atoms with E-state index in [0.717, 1.165) is 25.9 Å². The van der Waals surface area contributed by atoms with E-state index in [2.05, 4.69) is 33.0 Å². The molecule has 2 atom stereocenters. The van der Waals surface area contributed by atoms with Crippen molar-refractivity contribution in [3.8, 4) is 0 Å². The first-order valence-corrected chi connectivity index (χ1v) is 11.2. The van der Waals surface area contributed by atoms with Crippen LogP contribution in [0.2, 0.25) is 0 Å². The quantitative estimate of drug-likeness (QED) is 0.730. The van der Waals surface area contributed by atoms with Gasteiger partial charge in [-0.3, -0.25) is 14.5 Å². The zero-order valence-corrected chi connectivity index (χ0v) is 17.2. The maximum atomic E-state index is 12.8. The van der Waals surface area contributed by atoms with Crippen molar-refractivity contribution in [3.63, 3.8) is 0 Å². The Kier molecular flexibility index (Phi) is 6.59. The number of carbonyl (C=O) groups is 2. The Balaban J connectivity index is 1.38. The van der Waals surface area contributed by atoms with Crippen LogP contribution in [-0.4, -0.2) is 49.1 Å². The lowest BCUT2D eigenvalue weighted by atomic mass is 10.1. The number of thiophene rings is 1. The summed E-state index contributed by atoms with van der Waals surface area (Å²) in [6.07, 6.45) is 3.68. The van der Waals surface area contributed by atoms with Crippen molar-refractivity contribution in [2.75, 3.05) is 31.6 Å². The molecule has 29 heavy (non-hydrogen) atoms. The number of nitrogens with one attached hydrogen (secondary N) is 2. The topological polar surface area (TPSA) is 70.7 Å². The van der Waals surface area contributed by atoms with E-state index in [1.165, 1.54) is 17.7 Å². The van der Waals surface area contributed by atoms with Crippen molar-refractivity contribution >= 4 is 28.8 Å². The van der Waals surface area contributed by atoms with Gasteiger partial charge in [-0.05, 0) is 68.4 Å². The Morgan fingerprint density at radius 1 is 1.17 bits per heavy atom. The van der Waals surface area contributed by atoms with Gasteiger partial charge in [0.1, 0.15) is 6.10 Å². The first-order chi connectivity index (χ1) is 14.2. The molecule has 0 saturated carbocycles. The molecule has 0 aliphatic carbocycles. The number of anilines is 1. The van der Waals surface area contributed by atoms with Crippen molar-refractivity contribution in [1.29, 1.82) is 0 Å². The van der Waals surface area contributed by atoms with Gasteiger partial charge in [-0.1, -0.05) is 12.1 Å². The number of hydrogen-bond donors (Lipinski definition) is 2. The minimum atomic E-state index is -0.389. The van der Waals surface area contributed by atoms with E-state index in [0.29, 0.717) is 24.4 Å². The van der Waals surface area contributed by atoms with E-state index >= 15 is 0 Å². The van der Waals surface area contributed by atoms with Gasteiger partial charge < -0.3 is 15.4 Å². The molecular weight excluding hydrogens is 386 g/mol. The lowest BCUT2D eigenvalue weighted by Gasteiger charge is -2.27. The van der Waals surface area contributed by atoms with Crippen molar-refractivity contribution in [3.05, 3.63) is 52.2 Å². The maximum absolute atomic E-state index is 12.8. The number of rotatable bonds is 7. The Morgan fingerprint density at radius 3 is 2.76 bits per heavy atom. The van der Waals surface area contributed by atoms with Gasteiger partial charge >= 0.3 is 0 Å². The molecule has 6 nitrogen and oxygen atoms in total. The summed E-state index contributed by atoms with van der Waals surface area (Å²) < 4.78 is 5.42. The Labute approximate surface area is 175 Å². The highest BCUT2D eigenvalue weighted by molar-refractivity contribution is 7.10. The summed E-state index contributed by atoms with van der Waals surface area (Å²) in [6, 6.07) is 11.5. The second-order valence-corrected chi connectivity index (χ2v) is 8.54. The van der Waals surface area contributed by atoms with E-state index in [1.807, 2.05) is 0 Å². The zero-order chi connectivity index (χ0) is 20.1. The summed E-state index contributed by atoms with van der Waals surface area (Å²) in [6.45, 7) is 3.35. The fourth-order valence-electron chi connectivity index (χ4n) is 3.98. The van der Waals surface area contributed by atoms with Crippen LogP contribution in [0.15, 0.2) is 41.8 Å². The highest BCUT2D eigenvalue weighted by Crippen LogP contribution is 2.28. The van der Waals surface area contributed by atoms with Crippen LogP contribution in [0.4, 0.5) is 5.69 Å². The molecule has 0 bridgehead atoms. The van der Waals surface area contributed by atoms with Crippen LogP contribution in [0.3, 0.4) is 0 Å². The molecule has 2 fully saturated rings. The fourth-order valence-corrected chi connectivity index (χ4v) is 4.84. The summed E-state index contributed by atoms with van der Waals surface area (Å²) in [5, 5.41) is 8.03.